The number of nitrogens with one attached hydrogen (secondary N) is 1. The van der Waals surface area contributed by atoms with Crippen molar-refractivity contribution in [2.75, 3.05) is 18.5 Å². The second-order valence-electron chi connectivity index (χ2n) is 5.46. The third kappa shape index (κ3) is 4.41. The number of esters is 1. The number of aliphatic hydroxyl groups is 1. The van der Waals surface area contributed by atoms with Gasteiger partial charge in [-0.3, -0.25) is 0 Å². The van der Waals surface area contributed by atoms with Gasteiger partial charge in [-0.2, -0.15) is 0 Å². The molecule has 2 N–H and O–H groups in total. The molecule has 6 nitrogen and oxygen atoms in total. The van der Waals surface area contributed by atoms with E-state index >= 15 is 0 Å². The van der Waals surface area contributed by atoms with Crippen LogP contribution in [0.3, 0.4) is 0 Å². The minimum absolute atomic E-state index is 0.0328. The molecular weight excluding hydrogens is 356 g/mol. The van der Waals surface area contributed by atoms with Gasteiger partial charge in [0, 0.05) is 28.9 Å². The molecule has 1 aromatic heterocycles. The highest BCUT2D eigenvalue weighted by atomic mass is 35.5. The van der Waals surface area contributed by atoms with E-state index in [2.05, 4.69) is 10.5 Å². The van der Waals surface area contributed by atoms with Gasteiger partial charge in [0.1, 0.15) is 5.69 Å². The zero-order chi connectivity index (χ0) is 18.4. The molecule has 0 saturated heterocycles. The van der Waals surface area contributed by atoms with Crippen molar-refractivity contribution in [2.24, 2.45) is 0 Å². The Labute approximate surface area is 155 Å². The Bertz CT molecular complexity index is 877. The quantitative estimate of drug-likeness (QED) is 0.614. The fourth-order valence-corrected chi connectivity index (χ4v) is 2.48. The van der Waals surface area contributed by atoms with Gasteiger partial charge in [-0.05, 0) is 24.3 Å². The Morgan fingerprint density at radius 2 is 1.96 bits per heavy atom. The van der Waals surface area contributed by atoms with E-state index in [4.69, 9.17) is 26.0 Å². The van der Waals surface area contributed by atoms with Gasteiger partial charge in [0.25, 0.3) is 0 Å². The number of para-hydroxylation sites is 1. The van der Waals surface area contributed by atoms with Crippen LogP contribution in [0.5, 0.6) is 0 Å². The maximum atomic E-state index is 12.3. The van der Waals surface area contributed by atoms with E-state index in [0.717, 1.165) is 5.56 Å². The van der Waals surface area contributed by atoms with Crippen molar-refractivity contribution in [3.05, 3.63) is 70.9 Å². The Hall–Kier alpha value is -2.83. The molecule has 3 aromatic rings. The van der Waals surface area contributed by atoms with E-state index < -0.39 is 5.97 Å². The molecule has 134 valence electrons. The van der Waals surface area contributed by atoms with Crippen molar-refractivity contribution in [2.45, 2.75) is 6.61 Å². The highest BCUT2D eigenvalue weighted by Crippen LogP contribution is 2.22. The first kappa shape index (κ1) is 18.0. The van der Waals surface area contributed by atoms with Gasteiger partial charge in [-0.25, -0.2) is 4.79 Å². The number of halogens is 1. The molecule has 7 heteroatoms. The predicted molar refractivity (Wildman–Crippen MR) is 98.1 cm³/mol. The molecule has 1 heterocycles. The summed E-state index contributed by atoms with van der Waals surface area (Å²) in [5.74, 6) is -0.0559. The summed E-state index contributed by atoms with van der Waals surface area (Å²) in [6.45, 7) is 0.277. The third-order valence-corrected chi connectivity index (χ3v) is 3.87. The van der Waals surface area contributed by atoms with Crippen LogP contribution in [0.25, 0.3) is 11.3 Å². The molecular formula is C19H17ClN2O4. The Balaban J connectivity index is 1.64. The molecule has 0 radical (unpaired) electrons. The van der Waals surface area contributed by atoms with E-state index in [1.54, 1.807) is 42.5 Å². The third-order valence-electron chi connectivity index (χ3n) is 3.62. The van der Waals surface area contributed by atoms with E-state index in [1.807, 2.05) is 12.1 Å². The Kier molecular flexibility index (Phi) is 5.88. The van der Waals surface area contributed by atoms with Gasteiger partial charge >= 0.3 is 5.97 Å². The summed E-state index contributed by atoms with van der Waals surface area (Å²) in [5, 5.41) is 16.5. The summed E-state index contributed by atoms with van der Waals surface area (Å²) in [6, 6.07) is 15.9. The maximum absolute atomic E-state index is 12.3. The molecule has 0 aliphatic heterocycles. The molecule has 0 aliphatic rings. The number of hydrogen-bond acceptors (Lipinski definition) is 6. The molecule has 0 atom stereocenters. The van der Waals surface area contributed by atoms with Crippen LogP contribution in [0.15, 0.2) is 59.1 Å². The van der Waals surface area contributed by atoms with Crippen molar-refractivity contribution < 1.29 is 19.2 Å². The van der Waals surface area contributed by atoms with Crippen LogP contribution < -0.4 is 5.32 Å². The van der Waals surface area contributed by atoms with Crippen molar-refractivity contribution in [1.29, 1.82) is 0 Å². The Morgan fingerprint density at radius 3 is 2.73 bits per heavy atom. The fourth-order valence-electron chi connectivity index (χ4n) is 2.36. The van der Waals surface area contributed by atoms with E-state index in [0.29, 0.717) is 34.3 Å². The zero-order valence-electron chi connectivity index (χ0n) is 13.8. The molecule has 0 unspecified atom stereocenters. The lowest BCUT2D eigenvalue weighted by atomic mass is 10.1. The van der Waals surface area contributed by atoms with Gasteiger partial charge < -0.3 is 19.7 Å². The highest BCUT2D eigenvalue weighted by molar-refractivity contribution is 6.30. The highest BCUT2D eigenvalue weighted by Gasteiger charge is 2.14. The van der Waals surface area contributed by atoms with E-state index in [-0.39, 0.29) is 13.2 Å². The largest absolute Gasteiger partial charge is 0.454 e. The average molecular weight is 373 g/mol. The SMILES string of the molecule is O=C(OCc1cc(-c2ccc(Cl)cc2)no1)c1ccccc1NCCO. The van der Waals surface area contributed by atoms with Crippen LogP contribution in [0.1, 0.15) is 16.1 Å². The number of rotatable bonds is 7. The topological polar surface area (TPSA) is 84.6 Å². The summed E-state index contributed by atoms with van der Waals surface area (Å²) < 4.78 is 10.5. The summed E-state index contributed by atoms with van der Waals surface area (Å²) in [4.78, 5) is 12.3. The number of hydrogen-bond donors (Lipinski definition) is 2. The first-order valence-corrected chi connectivity index (χ1v) is 8.37. The molecule has 0 spiro atoms. The predicted octanol–water partition coefficient (Wildman–Crippen LogP) is 3.76. The van der Waals surface area contributed by atoms with Crippen molar-refractivity contribution in [3.8, 4) is 11.3 Å². The van der Waals surface area contributed by atoms with Gasteiger partial charge in [0.05, 0.1) is 12.2 Å². The van der Waals surface area contributed by atoms with Crippen molar-refractivity contribution in [3.63, 3.8) is 0 Å². The van der Waals surface area contributed by atoms with Gasteiger partial charge in [-0.1, -0.05) is 41.0 Å². The van der Waals surface area contributed by atoms with Crippen LogP contribution >= 0.6 is 11.6 Å². The van der Waals surface area contributed by atoms with Gasteiger partial charge in [0.2, 0.25) is 0 Å². The number of anilines is 1. The maximum Gasteiger partial charge on any atom is 0.340 e. The minimum Gasteiger partial charge on any atom is -0.454 e. The van der Waals surface area contributed by atoms with Crippen molar-refractivity contribution in [1.82, 2.24) is 5.16 Å². The first-order chi connectivity index (χ1) is 12.7. The van der Waals surface area contributed by atoms with Gasteiger partial charge in [-0.15, -0.1) is 0 Å². The van der Waals surface area contributed by atoms with Crippen LogP contribution in [0.4, 0.5) is 5.69 Å². The Morgan fingerprint density at radius 1 is 1.19 bits per heavy atom. The summed E-state index contributed by atoms with van der Waals surface area (Å²) >= 11 is 5.87. The summed E-state index contributed by atoms with van der Waals surface area (Å²) in [5.41, 5.74) is 2.48. The van der Waals surface area contributed by atoms with Crippen LogP contribution in [0.2, 0.25) is 5.02 Å². The number of ether oxygens (including phenoxy) is 1. The second kappa shape index (κ2) is 8.51. The van der Waals surface area contributed by atoms with Crippen molar-refractivity contribution >= 4 is 23.3 Å². The number of benzene rings is 2. The normalized spacial score (nSPS) is 10.5. The smallest absolute Gasteiger partial charge is 0.340 e. The molecule has 2 aromatic carbocycles. The standard InChI is InChI=1S/C19H17ClN2O4/c20-14-7-5-13(6-8-14)18-11-15(26-22-18)12-25-19(24)16-3-1-2-4-17(16)21-9-10-23/h1-8,11,21,23H,9-10,12H2. The van der Waals surface area contributed by atoms with Gasteiger partial charge in [0.15, 0.2) is 12.4 Å². The second-order valence-corrected chi connectivity index (χ2v) is 5.89. The lowest BCUT2D eigenvalue weighted by molar-refractivity contribution is 0.0438. The zero-order valence-corrected chi connectivity index (χ0v) is 14.6. The van der Waals surface area contributed by atoms with Crippen LogP contribution in [-0.2, 0) is 11.3 Å². The number of nitrogens with zero attached hydrogens (tertiary/aromatic N) is 1. The summed E-state index contributed by atoms with van der Waals surface area (Å²) in [6.07, 6.45) is 0. The molecule has 0 aliphatic carbocycles. The van der Waals surface area contributed by atoms with Crippen LogP contribution in [-0.4, -0.2) is 29.4 Å². The number of aromatic nitrogens is 1. The van der Waals surface area contributed by atoms with E-state index in [1.165, 1.54) is 0 Å². The first-order valence-electron chi connectivity index (χ1n) is 8.00. The molecule has 0 bridgehead atoms. The number of aliphatic hydroxyl groups excluding tert-OH is 1. The molecule has 0 amide bonds. The fraction of sp³-hybridized carbons (Fsp3) is 0.158. The van der Waals surface area contributed by atoms with Crippen LogP contribution in [0, 0.1) is 0 Å². The summed E-state index contributed by atoms with van der Waals surface area (Å²) in [7, 11) is 0. The van der Waals surface area contributed by atoms with E-state index in [9.17, 15) is 4.79 Å². The average Bonchev–Trinajstić information content (AvgIpc) is 3.14. The lowest BCUT2D eigenvalue weighted by Gasteiger charge is -2.10. The minimum atomic E-state index is -0.490. The molecule has 3 rings (SSSR count). The molecule has 26 heavy (non-hydrogen) atoms. The molecule has 0 fully saturated rings. The monoisotopic (exact) mass is 372 g/mol. The molecule has 0 saturated carbocycles. The lowest BCUT2D eigenvalue weighted by Crippen LogP contribution is -2.12. The number of carbonyl (C=O) groups is 1. The number of carbonyl (C=O) groups excluding carboxylic acids is 1.